The van der Waals surface area contributed by atoms with E-state index >= 15 is 0 Å². The Bertz CT molecular complexity index is 1450. The predicted octanol–water partition coefficient (Wildman–Crippen LogP) is 3.48. The lowest BCUT2D eigenvalue weighted by Gasteiger charge is -2.09. The molecular weight excluding hydrogens is 488 g/mol. The number of benzene rings is 1. The van der Waals surface area contributed by atoms with Gasteiger partial charge in [0, 0.05) is 25.8 Å². The number of H-pyrrole nitrogens is 1. The molecule has 0 radical (unpaired) electrons. The first-order valence-electron chi connectivity index (χ1n) is 11.0. The predicted molar refractivity (Wildman–Crippen MR) is 125 cm³/mol. The molecule has 11 heteroatoms. The van der Waals surface area contributed by atoms with Gasteiger partial charge < -0.3 is 9.51 Å². The van der Waals surface area contributed by atoms with Gasteiger partial charge in [0.15, 0.2) is 21.7 Å². The van der Waals surface area contributed by atoms with Crippen LogP contribution in [0.2, 0.25) is 0 Å². The van der Waals surface area contributed by atoms with Gasteiger partial charge >= 0.3 is 0 Å². The maximum atomic E-state index is 13.2. The normalized spacial score (nSPS) is 11.7. The van der Waals surface area contributed by atoms with E-state index in [1.54, 1.807) is 4.40 Å². The summed E-state index contributed by atoms with van der Waals surface area (Å²) in [6.45, 7) is 2.86. The van der Waals surface area contributed by atoms with Crippen molar-refractivity contribution in [2.75, 3.05) is 0 Å². The van der Waals surface area contributed by atoms with Crippen molar-refractivity contribution < 1.29 is 4.52 Å². The molecule has 0 fully saturated rings. The van der Waals surface area contributed by atoms with Gasteiger partial charge in [-0.3, -0.25) is 9.36 Å². The largest absolute Gasteiger partial charge is 0.339 e. The molecule has 1 aromatic carbocycles. The second-order valence-electron chi connectivity index (χ2n) is 7.91. The van der Waals surface area contributed by atoms with Gasteiger partial charge in [0.2, 0.25) is 11.7 Å². The third-order valence-corrected chi connectivity index (χ3v) is 5.92. The topological polar surface area (TPSA) is 120 Å². The first-order chi connectivity index (χ1) is 16.1. The highest BCUT2D eigenvalue weighted by atomic mass is 79.9. The minimum atomic E-state index is -0.222. The quantitative estimate of drug-likeness (QED) is 0.238. The maximum absolute atomic E-state index is 13.2. The fraction of sp³-hybridized carbons (Fsp3) is 0.364. The Labute approximate surface area is 197 Å². The number of aromatic nitrogens is 8. The van der Waals surface area contributed by atoms with E-state index in [0.29, 0.717) is 65.0 Å². The van der Waals surface area contributed by atoms with Crippen LogP contribution in [0.3, 0.4) is 0 Å². The van der Waals surface area contributed by atoms with E-state index in [4.69, 9.17) is 4.52 Å². The van der Waals surface area contributed by atoms with E-state index in [1.807, 2.05) is 34.9 Å². The smallest absolute Gasteiger partial charge is 0.286 e. The summed E-state index contributed by atoms with van der Waals surface area (Å²) < 4.78 is 9.44. The number of aryl methyl sites for hydroxylation is 3. The van der Waals surface area contributed by atoms with Crippen molar-refractivity contribution in [3.8, 4) is 0 Å². The van der Waals surface area contributed by atoms with Gasteiger partial charge in [0.25, 0.3) is 5.56 Å². The van der Waals surface area contributed by atoms with Crippen molar-refractivity contribution in [1.82, 2.24) is 39.3 Å². The molecule has 0 unspecified atom stereocenters. The number of hydrogen-bond donors (Lipinski definition) is 1. The van der Waals surface area contributed by atoms with Crippen LogP contribution in [0.25, 0.3) is 16.9 Å². The van der Waals surface area contributed by atoms with Crippen molar-refractivity contribution >= 4 is 32.9 Å². The Morgan fingerprint density at radius 3 is 2.76 bits per heavy atom. The van der Waals surface area contributed by atoms with Crippen molar-refractivity contribution in [2.45, 2.75) is 52.0 Å². The highest BCUT2D eigenvalue weighted by molar-refractivity contribution is 9.10. The molecule has 0 aliphatic rings. The molecule has 0 spiro atoms. The van der Waals surface area contributed by atoms with Gasteiger partial charge in [-0.15, -0.1) is 10.2 Å². The molecule has 4 heterocycles. The summed E-state index contributed by atoms with van der Waals surface area (Å²) in [6, 6.07) is 9.99. The third-order valence-electron chi connectivity index (χ3n) is 5.55. The number of hydrogen-bond acceptors (Lipinski definition) is 7. The molecule has 0 aliphatic carbocycles. The molecule has 5 rings (SSSR count). The van der Waals surface area contributed by atoms with Gasteiger partial charge in [-0.2, -0.15) is 4.98 Å². The van der Waals surface area contributed by atoms with Crippen LogP contribution in [0.15, 0.2) is 44.4 Å². The van der Waals surface area contributed by atoms with Crippen LogP contribution < -0.4 is 5.56 Å². The minimum absolute atomic E-state index is 0.222. The molecular formula is C22H23BrN8O2. The lowest BCUT2D eigenvalue weighted by molar-refractivity contribution is 0.373. The average Bonchev–Trinajstić information content (AvgIpc) is 3.54. The summed E-state index contributed by atoms with van der Waals surface area (Å²) in [5.41, 5.74) is 1.90. The van der Waals surface area contributed by atoms with Gasteiger partial charge in [0.05, 0.1) is 0 Å². The Hall–Kier alpha value is -3.34. The van der Waals surface area contributed by atoms with E-state index in [-0.39, 0.29) is 5.56 Å². The van der Waals surface area contributed by atoms with E-state index in [0.717, 1.165) is 24.8 Å². The van der Waals surface area contributed by atoms with Gasteiger partial charge in [-0.05, 0) is 27.9 Å². The second kappa shape index (κ2) is 9.26. The highest BCUT2D eigenvalue weighted by Crippen LogP contribution is 2.17. The lowest BCUT2D eigenvalue weighted by Crippen LogP contribution is -2.21. The first kappa shape index (κ1) is 21.5. The highest BCUT2D eigenvalue weighted by Gasteiger charge is 2.20. The molecule has 10 nitrogen and oxygen atoms in total. The Morgan fingerprint density at radius 1 is 1.09 bits per heavy atom. The zero-order chi connectivity index (χ0) is 22.8. The Morgan fingerprint density at radius 2 is 1.94 bits per heavy atom. The van der Waals surface area contributed by atoms with Crippen LogP contribution in [0.1, 0.15) is 49.3 Å². The van der Waals surface area contributed by atoms with Crippen LogP contribution in [-0.2, 0) is 25.8 Å². The van der Waals surface area contributed by atoms with Crippen LogP contribution in [0, 0.1) is 0 Å². The molecule has 0 atom stereocenters. The fourth-order valence-electron chi connectivity index (χ4n) is 3.93. The van der Waals surface area contributed by atoms with Crippen molar-refractivity contribution in [2.24, 2.45) is 0 Å². The van der Waals surface area contributed by atoms with Crippen molar-refractivity contribution in [1.29, 1.82) is 0 Å². The number of nitrogens with one attached hydrogen (secondary N) is 1. The van der Waals surface area contributed by atoms with Crippen LogP contribution in [0.4, 0.5) is 0 Å². The summed E-state index contributed by atoms with van der Waals surface area (Å²) in [6.07, 6.45) is 4.64. The minimum Gasteiger partial charge on any atom is -0.339 e. The third kappa shape index (κ3) is 4.32. The summed E-state index contributed by atoms with van der Waals surface area (Å²) in [5, 5.41) is 12.7. The molecule has 1 N–H and O–H groups in total. The van der Waals surface area contributed by atoms with E-state index < -0.39 is 0 Å². The summed E-state index contributed by atoms with van der Waals surface area (Å²) in [7, 11) is 0. The maximum Gasteiger partial charge on any atom is 0.286 e. The number of aromatic amines is 1. The summed E-state index contributed by atoms with van der Waals surface area (Å²) in [5.74, 6) is 2.18. The number of fused-ring (bicyclic) bond motifs is 2. The summed E-state index contributed by atoms with van der Waals surface area (Å²) in [4.78, 5) is 25.2. The zero-order valence-corrected chi connectivity index (χ0v) is 19.7. The van der Waals surface area contributed by atoms with Gasteiger partial charge in [-0.25, -0.2) is 9.38 Å². The van der Waals surface area contributed by atoms with Gasteiger partial charge in [0.1, 0.15) is 5.82 Å². The Balaban J connectivity index is 1.42. The number of halogens is 1. The second-order valence-corrected chi connectivity index (χ2v) is 8.66. The van der Waals surface area contributed by atoms with E-state index in [2.05, 4.69) is 53.2 Å². The molecule has 0 amide bonds. The number of imidazole rings is 1. The fourth-order valence-corrected chi connectivity index (χ4v) is 4.29. The Kier molecular flexibility index (Phi) is 6.03. The number of nitrogens with zero attached hydrogens (tertiary/aromatic N) is 7. The zero-order valence-electron chi connectivity index (χ0n) is 18.2. The molecule has 33 heavy (non-hydrogen) atoms. The molecule has 4 aromatic heterocycles. The number of rotatable bonds is 9. The number of unbranched alkanes of at least 4 members (excludes halogenated alkanes) is 2. The van der Waals surface area contributed by atoms with Crippen LogP contribution in [-0.4, -0.2) is 39.3 Å². The molecule has 170 valence electrons. The SMILES string of the molecule is CCCCCn1c2nc(Br)[nH]c2c(=O)n2c(CCc3nc(Cc4ccccc4)no3)nnc12. The van der Waals surface area contributed by atoms with Crippen LogP contribution in [0.5, 0.6) is 0 Å². The van der Waals surface area contributed by atoms with Crippen molar-refractivity contribution in [3.63, 3.8) is 0 Å². The van der Waals surface area contributed by atoms with E-state index in [9.17, 15) is 4.79 Å². The monoisotopic (exact) mass is 510 g/mol. The average molecular weight is 511 g/mol. The molecule has 0 saturated heterocycles. The molecule has 0 saturated carbocycles. The summed E-state index contributed by atoms with van der Waals surface area (Å²) >= 11 is 3.35. The standard InChI is InChI=1S/C22H23BrN8O2/c1-2-3-7-12-30-19-18(25-21(23)26-19)20(32)31-16(27-28-22(30)31)10-11-17-24-15(29-33-17)13-14-8-5-4-6-9-14/h4-6,8-9H,2-3,7,10-13H2,1H3,(H,25,26). The van der Waals surface area contributed by atoms with Crippen molar-refractivity contribution in [3.05, 3.63) is 68.5 Å². The molecule has 0 aliphatic heterocycles. The molecule has 0 bridgehead atoms. The molecule has 5 aromatic rings. The van der Waals surface area contributed by atoms with Gasteiger partial charge in [-0.1, -0.05) is 55.3 Å². The lowest BCUT2D eigenvalue weighted by atomic mass is 10.1. The first-order valence-corrected chi connectivity index (χ1v) is 11.8. The van der Waals surface area contributed by atoms with E-state index in [1.165, 1.54) is 0 Å². The van der Waals surface area contributed by atoms with Crippen LogP contribution >= 0.6 is 15.9 Å².